The van der Waals surface area contributed by atoms with Gasteiger partial charge in [-0.25, -0.2) is 4.98 Å². The summed E-state index contributed by atoms with van der Waals surface area (Å²) in [5.74, 6) is -0.305. The molecule has 0 bridgehead atoms. The van der Waals surface area contributed by atoms with Gasteiger partial charge < -0.3 is 14.6 Å². The van der Waals surface area contributed by atoms with Crippen LogP contribution in [0, 0.1) is 0 Å². The topological polar surface area (TPSA) is 58.4 Å². The normalized spacial score (nSPS) is 10.3. The molecule has 0 radical (unpaired) electrons. The number of oxazole rings is 1. The highest BCUT2D eigenvalue weighted by atomic mass is 16.3. The van der Waals surface area contributed by atoms with Crippen LogP contribution in [0.3, 0.4) is 0 Å². The fourth-order valence-corrected chi connectivity index (χ4v) is 2.32. The van der Waals surface area contributed by atoms with Gasteiger partial charge in [-0.2, -0.15) is 0 Å². The average Bonchev–Trinajstić information content (AvgIpc) is 3.12. The third kappa shape index (κ3) is 3.58. The van der Waals surface area contributed by atoms with Crippen molar-refractivity contribution in [2.75, 3.05) is 17.3 Å². The van der Waals surface area contributed by atoms with E-state index in [1.54, 1.807) is 0 Å². The highest BCUT2D eigenvalue weighted by molar-refractivity contribution is 6.01. The lowest BCUT2D eigenvalue weighted by Gasteiger charge is -2.21. The number of nitrogens with zero attached hydrogens (tertiary/aromatic N) is 2. The number of carbonyl (C=O) groups is 1. The van der Waals surface area contributed by atoms with E-state index in [-0.39, 0.29) is 11.8 Å². The second kappa shape index (κ2) is 6.79. The van der Waals surface area contributed by atoms with Crippen LogP contribution < -0.4 is 10.2 Å². The minimum Gasteiger partial charge on any atom is -0.441 e. The van der Waals surface area contributed by atoms with E-state index in [0.717, 1.165) is 16.9 Å². The number of anilines is 2. The Labute approximate surface area is 134 Å². The monoisotopic (exact) mass is 307 g/mol. The van der Waals surface area contributed by atoms with Crippen molar-refractivity contribution < 1.29 is 9.21 Å². The smallest absolute Gasteiger partial charge is 0.311 e. The first kappa shape index (κ1) is 14.8. The number of nitrogens with one attached hydrogen (secondary N) is 1. The predicted molar refractivity (Wildman–Crippen MR) is 89.4 cm³/mol. The summed E-state index contributed by atoms with van der Waals surface area (Å²) in [5, 5.41) is 2.85. The first-order chi connectivity index (χ1) is 11.2. The van der Waals surface area contributed by atoms with Gasteiger partial charge in [-0.15, -0.1) is 0 Å². The molecule has 5 heteroatoms. The second-order valence-corrected chi connectivity index (χ2v) is 5.14. The number of benzene rings is 2. The summed E-state index contributed by atoms with van der Waals surface area (Å²) in [6.45, 7) is 0.673. The van der Waals surface area contributed by atoms with Crippen LogP contribution in [0.15, 0.2) is 71.5 Å². The molecule has 1 aromatic heterocycles. The maximum absolute atomic E-state index is 12.1. The Bertz CT molecular complexity index is 770. The maximum atomic E-state index is 12.1. The van der Waals surface area contributed by atoms with Crippen LogP contribution in [-0.2, 0) is 6.54 Å². The van der Waals surface area contributed by atoms with E-state index in [2.05, 4.69) is 15.2 Å². The van der Waals surface area contributed by atoms with Gasteiger partial charge in [0.1, 0.15) is 6.26 Å². The Kier molecular flexibility index (Phi) is 4.38. The van der Waals surface area contributed by atoms with Crippen LogP contribution in [0.1, 0.15) is 16.2 Å². The highest BCUT2D eigenvalue weighted by Crippen LogP contribution is 2.21. The van der Waals surface area contributed by atoms with Crippen LogP contribution >= 0.6 is 0 Å². The summed E-state index contributed by atoms with van der Waals surface area (Å²) in [6, 6.07) is 17.8. The van der Waals surface area contributed by atoms with E-state index in [0.29, 0.717) is 6.54 Å². The summed E-state index contributed by atoms with van der Waals surface area (Å²) in [4.78, 5) is 18.1. The van der Waals surface area contributed by atoms with Gasteiger partial charge in [-0.3, -0.25) is 4.79 Å². The Balaban J connectivity index is 1.77. The number of para-hydroxylation sites is 2. The molecule has 23 heavy (non-hydrogen) atoms. The predicted octanol–water partition coefficient (Wildman–Crippen LogP) is 3.56. The van der Waals surface area contributed by atoms with Gasteiger partial charge in [0.25, 0.3) is 5.89 Å². The zero-order chi connectivity index (χ0) is 16.1. The van der Waals surface area contributed by atoms with Crippen LogP contribution in [-0.4, -0.2) is 17.9 Å². The lowest BCUT2D eigenvalue weighted by molar-refractivity contribution is 0.0990. The van der Waals surface area contributed by atoms with E-state index in [9.17, 15) is 4.79 Å². The van der Waals surface area contributed by atoms with Gasteiger partial charge in [0, 0.05) is 25.0 Å². The van der Waals surface area contributed by atoms with Crippen molar-refractivity contribution in [1.82, 2.24) is 4.98 Å². The maximum Gasteiger partial charge on any atom is 0.311 e. The van der Waals surface area contributed by atoms with Gasteiger partial charge in [-0.05, 0) is 23.8 Å². The first-order valence-electron chi connectivity index (χ1n) is 7.29. The van der Waals surface area contributed by atoms with E-state index < -0.39 is 0 Å². The molecule has 1 heterocycles. The molecule has 116 valence electrons. The van der Waals surface area contributed by atoms with Gasteiger partial charge in [0.2, 0.25) is 0 Å². The molecule has 0 saturated heterocycles. The van der Waals surface area contributed by atoms with Crippen molar-refractivity contribution in [3.05, 3.63) is 78.5 Å². The van der Waals surface area contributed by atoms with Crippen molar-refractivity contribution in [3.63, 3.8) is 0 Å². The van der Waals surface area contributed by atoms with Crippen LogP contribution in [0.4, 0.5) is 11.4 Å². The third-order valence-corrected chi connectivity index (χ3v) is 3.50. The van der Waals surface area contributed by atoms with E-state index in [1.807, 2.05) is 61.6 Å². The molecular weight excluding hydrogens is 290 g/mol. The number of amides is 1. The number of aromatic nitrogens is 1. The molecule has 1 N–H and O–H groups in total. The molecule has 0 aliphatic carbocycles. The fraction of sp³-hybridized carbons (Fsp3) is 0.111. The van der Waals surface area contributed by atoms with Crippen LogP contribution in [0.5, 0.6) is 0 Å². The highest BCUT2D eigenvalue weighted by Gasteiger charge is 2.13. The van der Waals surface area contributed by atoms with Crippen LogP contribution in [0.2, 0.25) is 0 Å². The zero-order valence-corrected chi connectivity index (χ0v) is 12.8. The Morgan fingerprint density at radius 3 is 2.61 bits per heavy atom. The molecule has 0 atom stereocenters. The average molecular weight is 307 g/mol. The minimum atomic E-state index is -0.357. The molecule has 0 aliphatic heterocycles. The van der Waals surface area contributed by atoms with E-state index >= 15 is 0 Å². The van der Waals surface area contributed by atoms with Crippen molar-refractivity contribution in [1.29, 1.82) is 0 Å². The van der Waals surface area contributed by atoms with Crippen molar-refractivity contribution in [2.24, 2.45) is 0 Å². The molecule has 0 unspecified atom stereocenters. The fourth-order valence-electron chi connectivity index (χ4n) is 2.32. The Morgan fingerprint density at radius 1 is 1.13 bits per heavy atom. The van der Waals surface area contributed by atoms with Crippen LogP contribution in [0.25, 0.3) is 0 Å². The molecule has 2 aromatic carbocycles. The van der Waals surface area contributed by atoms with Crippen molar-refractivity contribution in [2.45, 2.75) is 6.54 Å². The molecule has 0 aliphatic rings. The molecule has 0 spiro atoms. The number of carbonyl (C=O) groups excluding carboxylic acids is 1. The van der Waals surface area contributed by atoms with Gasteiger partial charge in [0.15, 0.2) is 0 Å². The summed E-state index contributed by atoms with van der Waals surface area (Å²) in [7, 11) is 2.02. The molecule has 5 nitrogen and oxygen atoms in total. The Morgan fingerprint density at radius 2 is 1.87 bits per heavy atom. The molecule has 3 rings (SSSR count). The van der Waals surface area contributed by atoms with E-state index in [4.69, 9.17) is 4.42 Å². The first-order valence-corrected chi connectivity index (χ1v) is 7.29. The zero-order valence-electron chi connectivity index (χ0n) is 12.8. The van der Waals surface area contributed by atoms with Gasteiger partial charge in [-0.1, -0.05) is 36.4 Å². The van der Waals surface area contributed by atoms with Gasteiger partial charge in [0.05, 0.1) is 6.20 Å². The third-order valence-electron chi connectivity index (χ3n) is 3.50. The molecule has 0 fully saturated rings. The summed E-state index contributed by atoms with van der Waals surface area (Å²) in [5.41, 5.74) is 2.87. The number of hydrogen-bond acceptors (Lipinski definition) is 4. The molecule has 3 aromatic rings. The van der Waals surface area contributed by atoms with E-state index in [1.165, 1.54) is 12.5 Å². The van der Waals surface area contributed by atoms with Crippen molar-refractivity contribution in [3.8, 4) is 0 Å². The lowest BCUT2D eigenvalue weighted by atomic mass is 10.1. The number of rotatable bonds is 5. The SMILES string of the molecule is CN(Cc1ccccc1NC(=O)c1ncco1)c1ccccc1. The molecule has 1 amide bonds. The summed E-state index contributed by atoms with van der Waals surface area (Å²) < 4.78 is 5.02. The minimum absolute atomic E-state index is 0.0521. The summed E-state index contributed by atoms with van der Waals surface area (Å²) in [6.07, 6.45) is 2.83. The quantitative estimate of drug-likeness (QED) is 0.783. The Hall–Kier alpha value is -3.08. The molecule has 0 saturated carbocycles. The summed E-state index contributed by atoms with van der Waals surface area (Å²) >= 11 is 0. The van der Waals surface area contributed by atoms with Gasteiger partial charge >= 0.3 is 5.91 Å². The standard InChI is InChI=1S/C18H17N3O2/c1-21(15-8-3-2-4-9-15)13-14-7-5-6-10-16(14)20-17(22)18-19-11-12-23-18/h2-12H,13H2,1H3,(H,20,22). The second-order valence-electron chi connectivity index (χ2n) is 5.14. The largest absolute Gasteiger partial charge is 0.441 e. The number of hydrogen-bond donors (Lipinski definition) is 1. The van der Waals surface area contributed by atoms with Crippen molar-refractivity contribution >= 4 is 17.3 Å². The lowest BCUT2D eigenvalue weighted by Crippen LogP contribution is -2.19. The molecular formula is C18H17N3O2.